The summed E-state index contributed by atoms with van der Waals surface area (Å²) in [5.74, 6) is 0.804. The van der Waals surface area contributed by atoms with Gasteiger partial charge in [-0.25, -0.2) is 0 Å². The summed E-state index contributed by atoms with van der Waals surface area (Å²) in [5.41, 5.74) is 7.17. The fourth-order valence-corrected chi connectivity index (χ4v) is 3.36. The molecule has 0 bridgehead atoms. The monoisotopic (exact) mass is 398 g/mol. The van der Waals surface area contributed by atoms with Crippen molar-refractivity contribution in [1.29, 1.82) is 5.26 Å². The van der Waals surface area contributed by atoms with Crippen LogP contribution in [0.4, 0.5) is 0 Å². The molecular formula is C26H26N2O2. The molecule has 30 heavy (non-hydrogen) atoms. The Bertz CT molecular complexity index is 1080. The molecule has 1 N–H and O–H groups in total. The highest BCUT2D eigenvalue weighted by Gasteiger charge is 2.09. The lowest BCUT2D eigenvalue weighted by atomic mass is 10.0. The minimum Gasteiger partial charge on any atom is -0.496 e. The van der Waals surface area contributed by atoms with E-state index in [-0.39, 0.29) is 5.91 Å². The maximum atomic E-state index is 12.3. The van der Waals surface area contributed by atoms with Gasteiger partial charge in [0, 0.05) is 12.1 Å². The summed E-state index contributed by atoms with van der Waals surface area (Å²) in [5, 5.41) is 12.0. The molecule has 0 aliphatic heterocycles. The molecule has 0 saturated heterocycles. The average Bonchev–Trinajstić information content (AvgIpc) is 2.76. The Morgan fingerprint density at radius 1 is 0.967 bits per heavy atom. The first-order valence-corrected chi connectivity index (χ1v) is 10.0. The van der Waals surface area contributed by atoms with E-state index in [2.05, 4.69) is 37.4 Å². The third kappa shape index (κ3) is 5.27. The largest absolute Gasteiger partial charge is 0.496 e. The Morgan fingerprint density at radius 3 is 2.37 bits per heavy atom. The van der Waals surface area contributed by atoms with Crippen LogP contribution in [-0.4, -0.2) is 19.6 Å². The molecule has 1 amide bonds. The zero-order chi connectivity index (χ0) is 21.5. The Kier molecular flexibility index (Phi) is 6.87. The van der Waals surface area contributed by atoms with E-state index in [1.807, 2.05) is 36.4 Å². The Balaban J connectivity index is 1.59. The van der Waals surface area contributed by atoms with Crippen molar-refractivity contribution in [2.24, 2.45) is 0 Å². The number of hydrogen-bond acceptors (Lipinski definition) is 3. The van der Waals surface area contributed by atoms with Crippen molar-refractivity contribution in [2.45, 2.75) is 26.7 Å². The van der Waals surface area contributed by atoms with E-state index in [4.69, 9.17) is 10.00 Å². The van der Waals surface area contributed by atoms with Crippen LogP contribution in [0.1, 0.15) is 27.8 Å². The number of hydrogen-bond donors (Lipinski definition) is 1. The maximum absolute atomic E-state index is 12.3. The predicted molar refractivity (Wildman–Crippen MR) is 119 cm³/mol. The Morgan fingerprint density at radius 2 is 1.70 bits per heavy atom. The van der Waals surface area contributed by atoms with Gasteiger partial charge in [0.25, 0.3) is 0 Å². The molecule has 3 aromatic rings. The first kappa shape index (κ1) is 21.1. The van der Waals surface area contributed by atoms with Crippen LogP contribution in [0.2, 0.25) is 0 Å². The van der Waals surface area contributed by atoms with Crippen LogP contribution in [0.25, 0.3) is 11.1 Å². The number of amides is 1. The maximum Gasteiger partial charge on any atom is 0.224 e. The highest BCUT2D eigenvalue weighted by molar-refractivity contribution is 5.78. The Labute approximate surface area is 178 Å². The van der Waals surface area contributed by atoms with Gasteiger partial charge in [0.1, 0.15) is 5.75 Å². The van der Waals surface area contributed by atoms with E-state index in [1.165, 1.54) is 11.1 Å². The topological polar surface area (TPSA) is 62.1 Å². The summed E-state index contributed by atoms with van der Waals surface area (Å²) >= 11 is 0. The van der Waals surface area contributed by atoms with Crippen molar-refractivity contribution in [3.8, 4) is 22.9 Å². The fraction of sp³-hybridized carbons (Fsp3) is 0.231. The number of aryl methyl sites for hydroxylation is 2. The van der Waals surface area contributed by atoms with Crippen LogP contribution in [0, 0.1) is 25.2 Å². The lowest BCUT2D eigenvalue weighted by Gasteiger charge is -2.12. The number of ether oxygens (including phenoxy) is 1. The normalized spacial score (nSPS) is 10.3. The summed E-state index contributed by atoms with van der Waals surface area (Å²) in [6.07, 6.45) is 1.12. The third-order valence-corrected chi connectivity index (χ3v) is 5.26. The van der Waals surface area contributed by atoms with Crippen molar-refractivity contribution < 1.29 is 9.53 Å². The molecular weight excluding hydrogens is 372 g/mol. The highest BCUT2D eigenvalue weighted by Crippen LogP contribution is 2.31. The molecule has 0 heterocycles. The molecule has 0 spiro atoms. The van der Waals surface area contributed by atoms with Gasteiger partial charge < -0.3 is 10.1 Å². The van der Waals surface area contributed by atoms with Gasteiger partial charge in [-0.05, 0) is 66.3 Å². The van der Waals surface area contributed by atoms with Gasteiger partial charge in [-0.1, -0.05) is 42.5 Å². The smallest absolute Gasteiger partial charge is 0.224 e. The number of rotatable bonds is 7. The van der Waals surface area contributed by atoms with E-state index >= 15 is 0 Å². The van der Waals surface area contributed by atoms with Crippen LogP contribution in [0.3, 0.4) is 0 Å². The molecule has 0 atom stereocenters. The molecule has 4 heteroatoms. The van der Waals surface area contributed by atoms with E-state index in [1.54, 1.807) is 19.2 Å². The molecule has 3 aromatic carbocycles. The lowest BCUT2D eigenvalue weighted by Crippen LogP contribution is -2.27. The number of carbonyl (C=O) groups excluding carboxylic acids is 1. The molecule has 0 fully saturated rings. The van der Waals surface area contributed by atoms with Crippen LogP contribution in [0.5, 0.6) is 5.75 Å². The fourth-order valence-electron chi connectivity index (χ4n) is 3.36. The molecule has 0 saturated carbocycles. The number of nitrogens with zero attached hydrogens (tertiary/aromatic N) is 1. The van der Waals surface area contributed by atoms with Gasteiger partial charge in [-0.15, -0.1) is 0 Å². The Hall–Kier alpha value is -3.58. The summed E-state index contributed by atoms with van der Waals surface area (Å²) < 4.78 is 5.57. The van der Waals surface area contributed by atoms with Gasteiger partial charge in [0.05, 0.1) is 25.2 Å². The quantitative estimate of drug-likeness (QED) is 0.625. The zero-order valence-electron chi connectivity index (χ0n) is 17.7. The number of nitriles is 1. The highest BCUT2D eigenvalue weighted by atomic mass is 16.5. The van der Waals surface area contributed by atoms with Crippen LogP contribution < -0.4 is 10.1 Å². The van der Waals surface area contributed by atoms with E-state index < -0.39 is 0 Å². The zero-order valence-corrected chi connectivity index (χ0v) is 17.7. The summed E-state index contributed by atoms with van der Waals surface area (Å²) in [6, 6.07) is 21.8. The van der Waals surface area contributed by atoms with Gasteiger partial charge in [-0.3, -0.25) is 4.79 Å². The standard InChI is InChI=1S/C26H26N2O2/c1-18-4-5-22(14-19(18)2)16-26(29)28-13-12-20-8-11-24(25(15-20)30-3)23-9-6-21(17-27)7-10-23/h4-11,14-15H,12-13,16H2,1-3H3,(H,28,29). The number of carbonyl (C=O) groups is 1. The van der Waals surface area contributed by atoms with Crippen LogP contribution in [0.15, 0.2) is 60.7 Å². The lowest BCUT2D eigenvalue weighted by molar-refractivity contribution is -0.120. The predicted octanol–water partition coefficient (Wildman–Crippen LogP) is 4.75. The van der Waals surface area contributed by atoms with Crippen molar-refractivity contribution in [1.82, 2.24) is 5.32 Å². The number of nitrogens with one attached hydrogen (secondary N) is 1. The van der Waals surface area contributed by atoms with Crippen molar-refractivity contribution in [2.75, 3.05) is 13.7 Å². The molecule has 0 aromatic heterocycles. The molecule has 0 unspecified atom stereocenters. The van der Waals surface area contributed by atoms with Crippen LogP contribution in [-0.2, 0) is 17.6 Å². The van der Waals surface area contributed by atoms with E-state index in [0.717, 1.165) is 34.4 Å². The van der Waals surface area contributed by atoms with Gasteiger partial charge in [-0.2, -0.15) is 5.26 Å². The van der Waals surface area contributed by atoms with Gasteiger partial charge in [0.2, 0.25) is 5.91 Å². The second-order valence-corrected chi connectivity index (χ2v) is 7.42. The summed E-state index contributed by atoms with van der Waals surface area (Å²) in [7, 11) is 1.65. The second-order valence-electron chi connectivity index (χ2n) is 7.42. The van der Waals surface area contributed by atoms with Gasteiger partial charge >= 0.3 is 0 Å². The first-order valence-electron chi connectivity index (χ1n) is 10.0. The molecule has 0 aliphatic rings. The first-order chi connectivity index (χ1) is 14.5. The third-order valence-electron chi connectivity index (χ3n) is 5.26. The number of benzene rings is 3. The minimum atomic E-state index is 0.0272. The molecule has 0 aliphatic carbocycles. The molecule has 4 nitrogen and oxygen atoms in total. The van der Waals surface area contributed by atoms with Gasteiger partial charge in [0.15, 0.2) is 0 Å². The molecule has 0 radical (unpaired) electrons. The van der Waals surface area contributed by atoms with Crippen LogP contribution >= 0.6 is 0 Å². The second kappa shape index (κ2) is 9.76. The molecule has 152 valence electrons. The minimum absolute atomic E-state index is 0.0272. The number of methoxy groups -OCH3 is 1. The summed E-state index contributed by atoms with van der Waals surface area (Å²) in [6.45, 7) is 4.70. The molecule has 3 rings (SSSR count). The average molecular weight is 399 g/mol. The van der Waals surface area contributed by atoms with Crippen molar-refractivity contribution in [3.05, 3.63) is 88.5 Å². The summed E-state index contributed by atoms with van der Waals surface area (Å²) in [4.78, 5) is 12.3. The SMILES string of the molecule is COc1cc(CCNC(=O)Cc2ccc(C)c(C)c2)ccc1-c1ccc(C#N)cc1. The van der Waals surface area contributed by atoms with E-state index in [9.17, 15) is 4.79 Å². The van der Waals surface area contributed by atoms with Crippen molar-refractivity contribution in [3.63, 3.8) is 0 Å². The van der Waals surface area contributed by atoms with Crippen molar-refractivity contribution >= 4 is 5.91 Å². The van der Waals surface area contributed by atoms with E-state index in [0.29, 0.717) is 18.5 Å².